The van der Waals surface area contributed by atoms with Crippen molar-refractivity contribution in [1.29, 1.82) is 0 Å². The molecule has 0 fully saturated rings. The summed E-state index contributed by atoms with van der Waals surface area (Å²) >= 11 is 3.29. The van der Waals surface area contributed by atoms with Crippen LogP contribution in [-0.2, 0) is 24.3 Å². The summed E-state index contributed by atoms with van der Waals surface area (Å²) in [6, 6.07) is 12.2. The van der Waals surface area contributed by atoms with Crippen LogP contribution in [0.5, 0.6) is 0 Å². The van der Waals surface area contributed by atoms with Gasteiger partial charge < -0.3 is 10.1 Å². The molecule has 0 aliphatic carbocycles. The topological polar surface area (TPSA) is 114 Å². The zero-order chi connectivity index (χ0) is 20.3. The van der Waals surface area contributed by atoms with Crippen molar-refractivity contribution in [3.8, 4) is 0 Å². The van der Waals surface area contributed by atoms with Gasteiger partial charge in [-0.05, 0) is 43.3 Å². The summed E-state index contributed by atoms with van der Waals surface area (Å²) in [5.74, 6) is -1.18. The lowest BCUT2D eigenvalue weighted by Gasteiger charge is -2.09. The zero-order valence-electron chi connectivity index (χ0n) is 14.7. The quantitative estimate of drug-likeness (QED) is 0.655. The van der Waals surface area contributed by atoms with Crippen LogP contribution in [-0.4, -0.2) is 38.8 Å². The zero-order valence-corrected chi connectivity index (χ0v) is 17.1. The largest absolute Gasteiger partial charge is 0.454 e. The molecule has 0 radical (unpaired) electrons. The van der Waals surface area contributed by atoms with Gasteiger partial charge in [0.25, 0.3) is 15.9 Å². The number of rotatable bonds is 5. The third kappa shape index (κ3) is 4.57. The first kappa shape index (κ1) is 20.0. The van der Waals surface area contributed by atoms with Gasteiger partial charge in [-0.15, -0.1) is 0 Å². The van der Waals surface area contributed by atoms with Crippen LogP contribution in [0.25, 0.3) is 0 Å². The number of hydrogen-bond acceptors (Lipinski definition) is 6. The van der Waals surface area contributed by atoms with Crippen molar-refractivity contribution in [2.45, 2.75) is 17.9 Å². The Balaban J connectivity index is 1.60. The molecule has 28 heavy (non-hydrogen) atoms. The van der Waals surface area contributed by atoms with Crippen molar-refractivity contribution in [3.63, 3.8) is 0 Å². The predicted molar refractivity (Wildman–Crippen MR) is 106 cm³/mol. The van der Waals surface area contributed by atoms with E-state index in [2.05, 4.69) is 31.0 Å². The second-order valence-corrected chi connectivity index (χ2v) is 8.48. The van der Waals surface area contributed by atoms with Gasteiger partial charge in [0.2, 0.25) is 0 Å². The van der Waals surface area contributed by atoms with Crippen LogP contribution in [0.4, 0.5) is 5.69 Å². The van der Waals surface area contributed by atoms with Gasteiger partial charge in [0, 0.05) is 15.7 Å². The molecule has 0 aromatic heterocycles. The van der Waals surface area contributed by atoms with Crippen molar-refractivity contribution in [2.75, 3.05) is 11.9 Å². The second-order valence-electron chi connectivity index (χ2n) is 5.92. The minimum absolute atomic E-state index is 0.0689. The van der Waals surface area contributed by atoms with Gasteiger partial charge in [0.05, 0.1) is 4.90 Å². The van der Waals surface area contributed by atoms with Crippen molar-refractivity contribution >= 4 is 49.4 Å². The number of esters is 1. The molecule has 3 rings (SSSR count). The second kappa shape index (κ2) is 8.11. The molecule has 0 spiro atoms. The highest BCUT2D eigenvalue weighted by Crippen LogP contribution is 2.22. The predicted octanol–water partition coefficient (Wildman–Crippen LogP) is 2.06. The smallest absolute Gasteiger partial charge is 0.331 e. The molecule has 2 aromatic carbocycles. The Bertz CT molecular complexity index is 1050. The number of anilines is 1. The van der Waals surface area contributed by atoms with Gasteiger partial charge in [0.15, 0.2) is 6.61 Å². The number of ether oxygens (including phenoxy) is 1. The van der Waals surface area contributed by atoms with E-state index >= 15 is 0 Å². The van der Waals surface area contributed by atoms with Crippen molar-refractivity contribution in [2.24, 2.45) is 4.99 Å². The van der Waals surface area contributed by atoms with Crippen LogP contribution in [0.2, 0.25) is 0 Å². The third-order valence-electron chi connectivity index (χ3n) is 3.80. The lowest BCUT2D eigenvalue weighted by molar-refractivity contribution is -0.148. The van der Waals surface area contributed by atoms with Gasteiger partial charge in [-0.1, -0.05) is 28.1 Å². The minimum atomic E-state index is -3.69. The SMILES string of the molecule is C[C@@H](N=C1NS(=O)(=O)c2ccccc21)C(=O)OCC(=O)Nc1ccc(Br)cc1. The summed E-state index contributed by atoms with van der Waals surface area (Å²) in [5, 5.41) is 2.60. The maximum Gasteiger partial charge on any atom is 0.331 e. The molecule has 1 aliphatic heterocycles. The fraction of sp³-hybridized carbons (Fsp3) is 0.167. The van der Waals surface area contributed by atoms with Crippen LogP contribution >= 0.6 is 15.9 Å². The van der Waals surface area contributed by atoms with E-state index in [0.29, 0.717) is 11.3 Å². The minimum Gasteiger partial charge on any atom is -0.454 e. The lowest BCUT2D eigenvalue weighted by Crippen LogP contribution is -2.28. The highest BCUT2D eigenvalue weighted by atomic mass is 79.9. The normalized spacial score (nSPS) is 16.7. The number of amides is 1. The lowest BCUT2D eigenvalue weighted by atomic mass is 10.2. The number of carbonyl (C=O) groups is 2. The van der Waals surface area contributed by atoms with Gasteiger partial charge >= 0.3 is 5.97 Å². The Morgan fingerprint density at radius 2 is 1.86 bits per heavy atom. The molecule has 0 bridgehead atoms. The van der Waals surface area contributed by atoms with Crippen molar-refractivity contribution in [1.82, 2.24) is 4.72 Å². The molecular weight excluding hydrogens is 450 g/mol. The number of halogens is 1. The van der Waals surface area contributed by atoms with E-state index in [1.165, 1.54) is 13.0 Å². The van der Waals surface area contributed by atoms with Crippen LogP contribution in [0.3, 0.4) is 0 Å². The number of benzene rings is 2. The maximum absolute atomic E-state index is 12.1. The first-order valence-electron chi connectivity index (χ1n) is 8.18. The van der Waals surface area contributed by atoms with Gasteiger partial charge in [-0.2, -0.15) is 0 Å². The Morgan fingerprint density at radius 3 is 2.57 bits per heavy atom. The van der Waals surface area contributed by atoms with E-state index in [4.69, 9.17) is 4.74 Å². The van der Waals surface area contributed by atoms with Crippen molar-refractivity contribution < 1.29 is 22.7 Å². The summed E-state index contributed by atoms with van der Waals surface area (Å²) in [7, 11) is -3.69. The molecular formula is C18H16BrN3O5S. The summed E-state index contributed by atoms with van der Waals surface area (Å²) in [6.45, 7) is 0.976. The molecule has 0 saturated carbocycles. The number of nitrogens with one attached hydrogen (secondary N) is 2. The van der Waals surface area contributed by atoms with Gasteiger partial charge in [-0.3, -0.25) is 14.5 Å². The average molecular weight is 466 g/mol. The Kier molecular flexibility index (Phi) is 5.80. The van der Waals surface area contributed by atoms with E-state index in [-0.39, 0.29) is 10.7 Å². The maximum atomic E-state index is 12.1. The number of carbonyl (C=O) groups excluding carboxylic acids is 2. The van der Waals surface area contributed by atoms with Crippen LogP contribution in [0.15, 0.2) is 62.9 Å². The molecule has 0 saturated heterocycles. The average Bonchev–Trinajstić information content (AvgIpc) is 2.92. The molecule has 2 N–H and O–H groups in total. The molecule has 0 unspecified atom stereocenters. The first-order chi connectivity index (χ1) is 13.3. The molecule has 1 aliphatic rings. The summed E-state index contributed by atoms with van der Waals surface area (Å²) < 4.78 is 32.3. The highest BCUT2D eigenvalue weighted by molar-refractivity contribution is 9.10. The van der Waals surface area contributed by atoms with E-state index in [1.807, 2.05) is 0 Å². The van der Waals surface area contributed by atoms with E-state index < -0.39 is 34.5 Å². The third-order valence-corrected chi connectivity index (χ3v) is 5.73. The number of aliphatic imine (C=N–C) groups is 1. The fourth-order valence-corrected chi connectivity index (χ4v) is 3.97. The number of fused-ring (bicyclic) bond motifs is 1. The molecule has 2 aromatic rings. The molecule has 10 heteroatoms. The molecule has 8 nitrogen and oxygen atoms in total. The van der Waals surface area contributed by atoms with Crippen LogP contribution in [0, 0.1) is 0 Å². The standard InChI is InChI=1S/C18H16BrN3O5S/c1-11(20-17-14-4-2-3-5-15(14)28(25,26)22-17)18(24)27-10-16(23)21-13-8-6-12(19)7-9-13/h2-9,11H,10H2,1H3,(H,20,22)(H,21,23)/t11-/m1/s1. The first-order valence-corrected chi connectivity index (χ1v) is 10.5. The highest BCUT2D eigenvalue weighted by Gasteiger charge is 2.31. The summed E-state index contributed by atoms with van der Waals surface area (Å²) in [6.07, 6.45) is 0. The number of nitrogens with zero attached hydrogens (tertiary/aromatic N) is 1. The van der Waals surface area contributed by atoms with Crippen molar-refractivity contribution in [3.05, 3.63) is 58.6 Å². The number of sulfonamides is 1. The summed E-state index contributed by atoms with van der Waals surface area (Å²) in [5.41, 5.74) is 0.949. The molecule has 1 atom stereocenters. The number of hydrogen-bond donors (Lipinski definition) is 2. The fourth-order valence-electron chi connectivity index (χ4n) is 2.46. The van der Waals surface area contributed by atoms with E-state index in [9.17, 15) is 18.0 Å². The molecule has 1 amide bonds. The Hall–Kier alpha value is -2.72. The van der Waals surface area contributed by atoms with E-state index in [1.54, 1.807) is 42.5 Å². The Labute approximate surface area is 170 Å². The van der Waals surface area contributed by atoms with Crippen LogP contribution < -0.4 is 10.0 Å². The Morgan fingerprint density at radius 1 is 1.18 bits per heavy atom. The molecule has 1 heterocycles. The summed E-state index contributed by atoms with van der Waals surface area (Å²) in [4.78, 5) is 28.2. The number of amidine groups is 1. The van der Waals surface area contributed by atoms with Crippen LogP contribution in [0.1, 0.15) is 12.5 Å². The van der Waals surface area contributed by atoms with Gasteiger partial charge in [0.1, 0.15) is 11.9 Å². The van der Waals surface area contributed by atoms with E-state index in [0.717, 1.165) is 4.47 Å². The monoisotopic (exact) mass is 465 g/mol. The molecule has 146 valence electrons. The van der Waals surface area contributed by atoms with Gasteiger partial charge in [-0.25, -0.2) is 13.2 Å².